The quantitative estimate of drug-likeness (QED) is 0.467. The number of rotatable bonds is 4. The lowest BCUT2D eigenvalue weighted by atomic mass is 10.2. The van der Waals surface area contributed by atoms with Gasteiger partial charge < -0.3 is 0 Å². The molecule has 2 aromatic rings. The minimum Gasteiger partial charge on any atom is -0.258 e. The van der Waals surface area contributed by atoms with Gasteiger partial charge in [-0.15, -0.1) is 11.8 Å². The topological polar surface area (TPSA) is 43.1 Å². The number of halogens is 2. The van der Waals surface area contributed by atoms with Crippen molar-refractivity contribution in [3.8, 4) is 0 Å². The second kappa shape index (κ2) is 6.04. The van der Waals surface area contributed by atoms with Crippen molar-refractivity contribution in [2.45, 2.75) is 10.6 Å². The lowest BCUT2D eigenvalue weighted by Crippen LogP contribution is -1.96. The highest BCUT2D eigenvalue weighted by Gasteiger charge is 2.16. The second-order valence-corrected chi connectivity index (χ2v) is 5.24. The fourth-order valence-electron chi connectivity index (χ4n) is 1.51. The van der Waals surface area contributed by atoms with Crippen molar-refractivity contribution in [2.24, 2.45) is 0 Å². The molecule has 6 heteroatoms. The summed E-state index contributed by atoms with van der Waals surface area (Å²) in [5.74, 6) is -0.441. The third-order valence-corrected chi connectivity index (χ3v) is 3.78. The van der Waals surface area contributed by atoms with Crippen LogP contribution in [0.3, 0.4) is 0 Å². The molecule has 0 aliphatic rings. The molecule has 0 atom stereocenters. The average Bonchev–Trinajstić information content (AvgIpc) is 2.39. The normalized spacial score (nSPS) is 10.4. The Morgan fingerprint density at radius 1 is 1.21 bits per heavy atom. The van der Waals surface area contributed by atoms with Crippen LogP contribution in [0.25, 0.3) is 0 Å². The number of hydrogen-bond donors (Lipinski definition) is 0. The van der Waals surface area contributed by atoms with E-state index in [2.05, 4.69) is 0 Å². The maximum atomic E-state index is 13.8. The van der Waals surface area contributed by atoms with Crippen LogP contribution in [0.4, 0.5) is 10.1 Å². The van der Waals surface area contributed by atoms with E-state index in [4.69, 9.17) is 11.6 Å². The van der Waals surface area contributed by atoms with Gasteiger partial charge in [0.05, 0.1) is 4.92 Å². The van der Waals surface area contributed by atoms with E-state index in [1.807, 2.05) is 12.1 Å². The van der Waals surface area contributed by atoms with Gasteiger partial charge in [0.25, 0.3) is 0 Å². The highest BCUT2D eigenvalue weighted by Crippen LogP contribution is 2.28. The number of thioether (sulfide) groups is 1. The summed E-state index contributed by atoms with van der Waals surface area (Å²) in [7, 11) is 0. The lowest BCUT2D eigenvalue weighted by molar-refractivity contribution is -0.387. The molecule has 0 aromatic heterocycles. The molecule has 0 aliphatic heterocycles. The molecule has 0 radical (unpaired) electrons. The van der Waals surface area contributed by atoms with Gasteiger partial charge in [-0.2, -0.15) is 4.39 Å². The number of hydrogen-bond acceptors (Lipinski definition) is 3. The fraction of sp³-hybridized carbons (Fsp3) is 0.0769. The van der Waals surface area contributed by atoms with Crippen molar-refractivity contribution in [3.05, 3.63) is 69.0 Å². The standard InChI is InChI=1S/C13H9ClFNO2S/c14-10-4-6-11(7-5-10)19-8-9-2-1-3-12(13(9)15)16(17)18/h1-7H,8H2. The zero-order valence-electron chi connectivity index (χ0n) is 9.68. The first kappa shape index (κ1) is 13.8. The molecule has 0 aliphatic carbocycles. The first-order valence-electron chi connectivity index (χ1n) is 5.38. The van der Waals surface area contributed by atoms with Crippen molar-refractivity contribution in [1.29, 1.82) is 0 Å². The van der Waals surface area contributed by atoms with Crippen LogP contribution in [0, 0.1) is 15.9 Å². The van der Waals surface area contributed by atoms with Crippen LogP contribution in [-0.2, 0) is 5.75 Å². The minimum atomic E-state index is -0.769. The first-order valence-corrected chi connectivity index (χ1v) is 6.74. The number of benzene rings is 2. The van der Waals surface area contributed by atoms with Crippen molar-refractivity contribution < 1.29 is 9.31 Å². The van der Waals surface area contributed by atoms with Gasteiger partial charge in [-0.05, 0) is 24.3 Å². The van der Waals surface area contributed by atoms with E-state index >= 15 is 0 Å². The molecule has 19 heavy (non-hydrogen) atoms. The number of nitro benzene ring substituents is 1. The van der Waals surface area contributed by atoms with Gasteiger partial charge in [0.1, 0.15) is 0 Å². The molecule has 2 rings (SSSR count). The van der Waals surface area contributed by atoms with Crippen molar-refractivity contribution in [3.63, 3.8) is 0 Å². The largest absolute Gasteiger partial charge is 0.305 e. The summed E-state index contributed by atoms with van der Waals surface area (Å²) in [5.41, 5.74) is -0.177. The maximum Gasteiger partial charge on any atom is 0.305 e. The van der Waals surface area contributed by atoms with Crippen molar-refractivity contribution in [2.75, 3.05) is 0 Å². The van der Waals surface area contributed by atoms with E-state index in [0.717, 1.165) is 11.0 Å². The van der Waals surface area contributed by atoms with Crippen LogP contribution < -0.4 is 0 Å². The molecular weight excluding hydrogens is 289 g/mol. The SMILES string of the molecule is O=[N+]([O-])c1cccc(CSc2ccc(Cl)cc2)c1F. The van der Waals surface area contributed by atoms with Crippen LogP contribution >= 0.6 is 23.4 Å². The Morgan fingerprint density at radius 3 is 2.53 bits per heavy atom. The molecule has 3 nitrogen and oxygen atoms in total. The summed E-state index contributed by atoms with van der Waals surface area (Å²) in [5, 5.41) is 11.3. The van der Waals surface area contributed by atoms with Gasteiger partial charge >= 0.3 is 5.69 Å². The lowest BCUT2D eigenvalue weighted by Gasteiger charge is -2.04. The summed E-state index contributed by atoms with van der Waals surface area (Å²) in [6.07, 6.45) is 0. The molecule has 0 unspecified atom stereocenters. The maximum absolute atomic E-state index is 13.8. The molecule has 0 fully saturated rings. The molecular formula is C13H9ClFNO2S. The van der Waals surface area contributed by atoms with Gasteiger partial charge in [-0.25, -0.2) is 0 Å². The summed E-state index contributed by atoms with van der Waals surface area (Å²) < 4.78 is 13.8. The van der Waals surface area contributed by atoms with Crippen LogP contribution in [0.1, 0.15) is 5.56 Å². The Balaban J connectivity index is 2.13. The highest BCUT2D eigenvalue weighted by molar-refractivity contribution is 7.98. The van der Waals surface area contributed by atoms with Crippen LogP contribution in [0.5, 0.6) is 0 Å². The zero-order valence-corrected chi connectivity index (χ0v) is 11.2. The van der Waals surface area contributed by atoms with Gasteiger partial charge in [-0.3, -0.25) is 10.1 Å². The molecule has 0 N–H and O–H groups in total. The van der Waals surface area contributed by atoms with Gasteiger partial charge in [0, 0.05) is 27.3 Å². The molecule has 0 saturated heterocycles. The first-order chi connectivity index (χ1) is 9.08. The predicted octanol–water partition coefficient (Wildman–Crippen LogP) is 4.68. The Morgan fingerprint density at radius 2 is 1.89 bits per heavy atom. The zero-order chi connectivity index (χ0) is 13.8. The van der Waals surface area contributed by atoms with E-state index in [9.17, 15) is 14.5 Å². The minimum absolute atomic E-state index is 0.314. The monoisotopic (exact) mass is 297 g/mol. The van der Waals surface area contributed by atoms with Crippen molar-refractivity contribution >= 4 is 29.1 Å². The van der Waals surface area contributed by atoms with E-state index in [1.54, 1.807) is 18.2 Å². The molecule has 0 amide bonds. The van der Waals surface area contributed by atoms with E-state index in [0.29, 0.717) is 16.3 Å². The van der Waals surface area contributed by atoms with Crippen LogP contribution in [-0.4, -0.2) is 4.92 Å². The molecule has 0 saturated carbocycles. The summed E-state index contributed by atoms with van der Waals surface area (Å²) in [6.45, 7) is 0. The highest BCUT2D eigenvalue weighted by atomic mass is 35.5. The van der Waals surface area contributed by atoms with Crippen molar-refractivity contribution in [1.82, 2.24) is 0 Å². The Hall–Kier alpha value is -1.59. The summed E-state index contributed by atoms with van der Waals surface area (Å²) in [4.78, 5) is 10.8. The molecule has 2 aromatic carbocycles. The fourth-order valence-corrected chi connectivity index (χ4v) is 2.51. The summed E-state index contributed by atoms with van der Waals surface area (Å²) >= 11 is 7.16. The third-order valence-electron chi connectivity index (χ3n) is 2.46. The number of nitrogens with zero attached hydrogens (tertiary/aromatic N) is 1. The second-order valence-electron chi connectivity index (χ2n) is 3.75. The molecule has 98 valence electrons. The average molecular weight is 298 g/mol. The molecule has 0 bridgehead atoms. The predicted molar refractivity (Wildman–Crippen MR) is 74.1 cm³/mol. The van der Waals surface area contributed by atoms with Gasteiger partial charge in [0.2, 0.25) is 5.82 Å². The Labute approximate surface area is 118 Å². The Bertz CT molecular complexity index is 604. The van der Waals surface area contributed by atoms with Crippen LogP contribution in [0.2, 0.25) is 5.02 Å². The van der Waals surface area contributed by atoms with E-state index < -0.39 is 16.4 Å². The molecule has 0 spiro atoms. The van der Waals surface area contributed by atoms with E-state index in [1.165, 1.54) is 17.8 Å². The van der Waals surface area contributed by atoms with Crippen LogP contribution in [0.15, 0.2) is 47.4 Å². The van der Waals surface area contributed by atoms with Gasteiger partial charge in [0.15, 0.2) is 0 Å². The molecule has 0 heterocycles. The van der Waals surface area contributed by atoms with Gasteiger partial charge in [-0.1, -0.05) is 23.7 Å². The Kier molecular flexibility index (Phi) is 4.39. The smallest absolute Gasteiger partial charge is 0.258 e. The number of nitro groups is 1. The summed E-state index contributed by atoms with van der Waals surface area (Å²) in [6, 6.07) is 11.3. The van der Waals surface area contributed by atoms with E-state index in [-0.39, 0.29) is 0 Å². The third kappa shape index (κ3) is 3.45.